The van der Waals surface area contributed by atoms with Gasteiger partial charge in [-0.1, -0.05) is 0 Å². The minimum Gasteiger partial charge on any atom is -0.450 e. The van der Waals surface area contributed by atoms with Crippen LogP contribution in [0.5, 0.6) is 0 Å². The highest BCUT2D eigenvalue weighted by molar-refractivity contribution is 5.78. The molecule has 0 aromatic carbocycles. The van der Waals surface area contributed by atoms with Crippen LogP contribution >= 0.6 is 0 Å². The van der Waals surface area contributed by atoms with Crippen LogP contribution in [-0.2, 0) is 9.53 Å². The van der Waals surface area contributed by atoms with E-state index in [0.29, 0.717) is 12.6 Å². The standard InChI is InChI=1S/C19H33N3O3/c1-2-25-19(24)22-10-3-4-17(9-13-22)21-11-7-16(8-12-21)18(23)20-14-15-5-6-15/h15-17H,2-14H2,1H3,(H,20,23). The molecule has 2 heterocycles. The van der Waals surface area contributed by atoms with Crippen LogP contribution in [0.3, 0.4) is 0 Å². The molecule has 1 aliphatic carbocycles. The molecule has 2 amide bonds. The zero-order valence-electron chi connectivity index (χ0n) is 15.5. The predicted octanol–water partition coefficient (Wildman–Crippen LogP) is 2.24. The van der Waals surface area contributed by atoms with E-state index >= 15 is 0 Å². The summed E-state index contributed by atoms with van der Waals surface area (Å²) in [6, 6.07) is 0.537. The van der Waals surface area contributed by atoms with E-state index in [4.69, 9.17) is 4.74 Å². The van der Waals surface area contributed by atoms with Crippen molar-refractivity contribution in [3.05, 3.63) is 0 Å². The molecule has 1 saturated carbocycles. The van der Waals surface area contributed by atoms with Crippen LogP contribution in [0.1, 0.15) is 51.9 Å². The molecule has 6 nitrogen and oxygen atoms in total. The van der Waals surface area contributed by atoms with Gasteiger partial charge >= 0.3 is 6.09 Å². The first-order valence-electron chi connectivity index (χ1n) is 10.1. The van der Waals surface area contributed by atoms with Gasteiger partial charge in [0.2, 0.25) is 5.91 Å². The fraction of sp³-hybridized carbons (Fsp3) is 0.895. The number of amides is 2. The number of nitrogens with zero attached hydrogens (tertiary/aromatic N) is 2. The van der Waals surface area contributed by atoms with E-state index in [1.54, 1.807) is 0 Å². The Morgan fingerprint density at radius 1 is 1.00 bits per heavy atom. The predicted molar refractivity (Wildman–Crippen MR) is 96.3 cm³/mol. The van der Waals surface area contributed by atoms with Gasteiger partial charge in [-0.05, 0) is 70.9 Å². The van der Waals surface area contributed by atoms with Crippen molar-refractivity contribution in [3.63, 3.8) is 0 Å². The Bertz CT molecular complexity index is 459. The quantitative estimate of drug-likeness (QED) is 0.825. The van der Waals surface area contributed by atoms with Crippen molar-refractivity contribution >= 4 is 12.0 Å². The summed E-state index contributed by atoms with van der Waals surface area (Å²) in [5.74, 6) is 1.20. The number of piperidine rings is 1. The number of hydrogen-bond donors (Lipinski definition) is 1. The zero-order valence-corrected chi connectivity index (χ0v) is 15.5. The van der Waals surface area contributed by atoms with Crippen LogP contribution < -0.4 is 5.32 Å². The van der Waals surface area contributed by atoms with E-state index in [1.807, 2.05) is 11.8 Å². The van der Waals surface area contributed by atoms with Crippen LogP contribution in [0.15, 0.2) is 0 Å². The number of rotatable bonds is 5. The van der Waals surface area contributed by atoms with Gasteiger partial charge in [-0.2, -0.15) is 0 Å². The van der Waals surface area contributed by atoms with Gasteiger partial charge in [-0.15, -0.1) is 0 Å². The highest BCUT2D eigenvalue weighted by atomic mass is 16.6. The number of likely N-dealkylation sites (tertiary alicyclic amines) is 2. The average molecular weight is 351 g/mol. The molecular formula is C19H33N3O3. The topological polar surface area (TPSA) is 61.9 Å². The summed E-state index contributed by atoms with van der Waals surface area (Å²) in [4.78, 5) is 28.6. The van der Waals surface area contributed by atoms with Gasteiger partial charge in [0.15, 0.2) is 0 Å². The molecule has 0 radical (unpaired) electrons. The van der Waals surface area contributed by atoms with E-state index in [0.717, 1.165) is 70.7 Å². The SMILES string of the molecule is CCOC(=O)N1CCCC(N2CCC(C(=O)NCC3CC3)CC2)CC1. The van der Waals surface area contributed by atoms with Crippen LogP contribution in [0.2, 0.25) is 0 Å². The molecule has 2 aliphatic heterocycles. The molecule has 1 N–H and O–H groups in total. The van der Waals surface area contributed by atoms with Gasteiger partial charge in [-0.3, -0.25) is 4.79 Å². The summed E-state index contributed by atoms with van der Waals surface area (Å²) >= 11 is 0. The molecule has 25 heavy (non-hydrogen) atoms. The number of carbonyl (C=O) groups is 2. The Morgan fingerprint density at radius 3 is 2.44 bits per heavy atom. The molecule has 3 rings (SSSR count). The average Bonchev–Trinajstić information content (AvgIpc) is 3.46. The molecule has 0 aromatic heterocycles. The highest BCUT2D eigenvalue weighted by Crippen LogP contribution is 2.28. The third kappa shape index (κ3) is 5.33. The van der Waals surface area contributed by atoms with E-state index in [2.05, 4.69) is 10.2 Å². The van der Waals surface area contributed by atoms with Gasteiger partial charge in [0.25, 0.3) is 0 Å². The highest BCUT2D eigenvalue weighted by Gasteiger charge is 2.31. The normalized spacial score (nSPS) is 26.1. The number of hydrogen-bond acceptors (Lipinski definition) is 4. The van der Waals surface area contributed by atoms with Gasteiger partial charge in [0.05, 0.1) is 6.61 Å². The van der Waals surface area contributed by atoms with E-state index in [1.165, 1.54) is 12.8 Å². The second kappa shape index (κ2) is 8.88. The van der Waals surface area contributed by atoms with Crippen LogP contribution in [0, 0.1) is 11.8 Å². The maximum absolute atomic E-state index is 12.3. The van der Waals surface area contributed by atoms with Gasteiger partial charge in [-0.25, -0.2) is 4.79 Å². The lowest BCUT2D eigenvalue weighted by atomic mass is 9.93. The molecule has 3 fully saturated rings. The summed E-state index contributed by atoms with van der Waals surface area (Å²) in [5.41, 5.74) is 0. The molecule has 3 aliphatic rings. The smallest absolute Gasteiger partial charge is 0.409 e. The lowest BCUT2D eigenvalue weighted by molar-refractivity contribution is -0.126. The third-order valence-electron chi connectivity index (χ3n) is 5.90. The first kappa shape index (κ1) is 18.5. The van der Waals surface area contributed by atoms with Crippen molar-refractivity contribution in [1.29, 1.82) is 0 Å². The molecule has 1 unspecified atom stereocenters. The van der Waals surface area contributed by atoms with Crippen molar-refractivity contribution in [1.82, 2.24) is 15.1 Å². The molecular weight excluding hydrogens is 318 g/mol. The largest absolute Gasteiger partial charge is 0.450 e. The summed E-state index contributed by atoms with van der Waals surface area (Å²) in [5, 5.41) is 3.13. The van der Waals surface area contributed by atoms with Crippen molar-refractivity contribution in [2.24, 2.45) is 11.8 Å². The summed E-state index contributed by atoms with van der Waals surface area (Å²) in [7, 11) is 0. The minimum atomic E-state index is -0.172. The lowest BCUT2D eigenvalue weighted by Gasteiger charge is -2.36. The Hall–Kier alpha value is -1.30. The van der Waals surface area contributed by atoms with Crippen molar-refractivity contribution in [2.45, 2.75) is 57.9 Å². The summed E-state index contributed by atoms with van der Waals surface area (Å²) in [6.45, 7) is 6.77. The Kier molecular flexibility index (Phi) is 6.57. The molecule has 6 heteroatoms. The molecule has 142 valence electrons. The van der Waals surface area contributed by atoms with E-state index < -0.39 is 0 Å². The fourth-order valence-corrected chi connectivity index (χ4v) is 4.08. The van der Waals surface area contributed by atoms with Crippen molar-refractivity contribution in [3.8, 4) is 0 Å². The molecule has 0 spiro atoms. The number of carbonyl (C=O) groups excluding carboxylic acids is 2. The lowest BCUT2D eigenvalue weighted by Crippen LogP contribution is -2.45. The number of nitrogens with one attached hydrogen (secondary N) is 1. The first-order chi connectivity index (χ1) is 12.2. The first-order valence-corrected chi connectivity index (χ1v) is 10.1. The maximum Gasteiger partial charge on any atom is 0.409 e. The Labute approximate surface area is 151 Å². The van der Waals surface area contributed by atoms with Gasteiger partial charge in [0.1, 0.15) is 0 Å². The second-order valence-electron chi connectivity index (χ2n) is 7.77. The van der Waals surface area contributed by atoms with Gasteiger partial charge in [0, 0.05) is 31.6 Å². The van der Waals surface area contributed by atoms with Crippen LogP contribution in [-0.4, -0.2) is 67.2 Å². The van der Waals surface area contributed by atoms with Crippen molar-refractivity contribution < 1.29 is 14.3 Å². The summed E-state index contributed by atoms with van der Waals surface area (Å²) < 4.78 is 5.13. The second-order valence-corrected chi connectivity index (χ2v) is 7.77. The molecule has 0 aromatic rings. The number of ether oxygens (including phenoxy) is 1. The van der Waals surface area contributed by atoms with E-state index in [9.17, 15) is 9.59 Å². The zero-order chi connectivity index (χ0) is 17.6. The Morgan fingerprint density at radius 2 is 1.76 bits per heavy atom. The molecule has 0 bridgehead atoms. The minimum absolute atomic E-state index is 0.172. The van der Waals surface area contributed by atoms with Crippen LogP contribution in [0.4, 0.5) is 4.79 Å². The third-order valence-corrected chi connectivity index (χ3v) is 5.90. The van der Waals surface area contributed by atoms with Crippen LogP contribution in [0.25, 0.3) is 0 Å². The fourth-order valence-electron chi connectivity index (χ4n) is 4.08. The molecule has 1 atom stereocenters. The summed E-state index contributed by atoms with van der Waals surface area (Å²) in [6.07, 6.45) is 7.50. The van der Waals surface area contributed by atoms with E-state index in [-0.39, 0.29) is 17.9 Å². The molecule has 2 saturated heterocycles. The maximum atomic E-state index is 12.3. The monoisotopic (exact) mass is 351 g/mol. The van der Waals surface area contributed by atoms with Crippen molar-refractivity contribution in [2.75, 3.05) is 39.3 Å². The Balaban J connectivity index is 1.40. The van der Waals surface area contributed by atoms with Gasteiger partial charge < -0.3 is 19.9 Å².